The number of nitrogens with one attached hydrogen (secondary N) is 3. The van der Waals surface area contributed by atoms with Gasteiger partial charge in [-0.2, -0.15) is 0 Å². The summed E-state index contributed by atoms with van der Waals surface area (Å²) in [7, 11) is 0. The Morgan fingerprint density at radius 2 is 1.86 bits per heavy atom. The van der Waals surface area contributed by atoms with Gasteiger partial charge in [0, 0.05) is 16.4 Å². The van der Waals surface area contributed by atoms with Crippen LogP contribution in [0.15, 0.2) is 34.8 Å². The normalized spacial score (nSPS) is 21.0. The van der Waals surface area contributed by atoms with Gasteiger partial charge in [0.1, 0.15) is 18.2 Å². The highest BCUT2D eigenvalue weighted by Gasteiger charge is 2.34. The number of carbonyl (C=O) groups is 3. The van der Waals surface area contributed by atoms with Crippen LogP contribution in [0.3, 0.4) is 0 Å². The summed E-state index contributed by atoms with van der Waals surface area (Å²) < 4.78 is 0.936. The fourth-order valence-corrected chi connectivity index (χ4v) is 4.78. The molecule has 0 bridgehead atoms. The van der Waals surface area contributed by atoms with E-state index in [0.29, 0.717) is 19.4 Å². The minimum atomic E-state index is -1.09. The van der Waals surface area contributed by atoms with Crippen LogP contribution in [-0.2, 0) is 14.4 Å². The Morgan fingerprint density at radius 1 is 1.11 bits per heavy atom. The summed E-state index contributed by atoms with van der Waals surface area (Å²) in [6.45, 7) is 3.90. The number of aromatic nitrogens is 1. The predicted molar refractivity (Wildman–Crippen MR) is 135 cm³/mol. The summed E-state index contributed by atoms with van der Waals surface area (Å²) in [5.41, 5.74) is 4.59. The fraction of sp³-hybridized carbons (Fsp3) is 0.520. The molecular formula is C25H32BrN5O4. The zero-order chi connectivity index (χ0) is 25.1. The van der Waals surface area contributed by atoms with Gasteiger partial charge >= 0.3 is 0 Å². The molecule has 2 fully saturated rings. The van der Waals surface area contributed by atoms with Gasteiger partial charge in [0.05, 0.1) is 17.3 Å². The Hall–Kier alpha value is -2.56. The third-order valence-electron chi connectivity index (χ3n) is 6.84. The summed E-state index contributed by atoms with van der Waals surface area (Å²) in [6.07, 6.45) is 2.81. The fourth-order valence-electron chi connectivity index (χ4n) is 4.43. The smallest absolute Gasteiger partial charge is 0.258 e. The first kappa shape index (κ1) is 25.5. The van der Waals surface area contributed by atoms with Crippen LogP contribution in [0.5, 0.6) is 0 Å². The molecule has 10 heteroatoms. The van der Waals surface area contributed by atoms with Crippen LogP contribution < -0.4 is 16.1 Å². The molecule has 4 atom stereocenters. The van der Waals surface area contributed by atoms with Gasteiger partial charge in [-0.3, -0.25) is 24.4 Å². The third kappa shape index (κ3) is 5.99. The van der Waals surface area contributed by atoms with Crippen LogP contribution in [0.1, 0.15) is 57.7 Å². The van der Waals surface area contributed by atoms with Crippen molar-refractivity contribution in [2.24, 2.45) is 5.92 Å². The SMILES string of the molecule is C[C@H](NC(=O)[C@@H](O)C1CCC1)C(=O)N1CCC[C@@H](C(=O)N[C@H](C)c2ccc3ccc(Br)cc3n2)N1. The van der Waals surface area contributed by atoms with Gasteiger partial charge in [0.15, 0.2) is 0 Å². The number of hydrogen-bond donors (Lipinski definition) is 4. The predicted octanol–water partition coefficient (Wildman–Crippen LogP) is 2.34. The van der Waals surface area contributed by atoms with Crippen molar-refractivity contribution in [2.45, 2.75) is 70.2 Å². The van der Waals surface area contributed by atoms with Gasteiger partial charge in [-0.15, -0.1) is 0 Å². The van der Waals surface area contributed by atoms with Crippen LogP contribution in [0, 0.1) is 5.92 Å². The Labute approximate surface area is 213 Å². The van der Waals surface area contributed by atoms with E-state index in [-0.39, 0.29) is 23.8 Å². The number of carbonyl (C=O) groups excluding carboxylic acids is 3. The average Bonchev–Trinajstić information content (AvgIpc) is 2.81. The molecule has 4 rings (SSSR count). The number of hydrogen-bond acceptors (Lipinski definition) is 6. The number of hydrazine groups is 1. The monoisotopic (exact) mass is 545 g/mol. The molecule has 35 heavy (non-hydrogen) atoms. The molecule has 2 heterocycles. The highest BCUT2D eigenvalue weighted by Crippen LogP contribution is 2.29. The molecule has 0 unspecified atom stereocenters. The number of rotatable bonds is 7. The minimum absolute atomic E-state index is 0.0286. The Morgan fingerprint density at radius 3 is 2.57 bits per heavy atom. The van der Waals surface area contributed by atoms with Gasteiger partial charge in [-0.25, -0.2) is 5.43 Å². The maximum atomic E-state index is 13.0. The first-order chi connectivity index (χ1) is 16.7. The number of amides is 3. The maximum absolute atomic E-state index is 13.0. The van der Waals surface area contributed by atoms with Crippen LogP contribution in [0.2, 0.25) is 0 Å². The van der Waals surface area contributed by atoms with Crippen LogP contribution >= 0.6 is 15.9 Å². The lowest BCUT2D eigenvalue weighted by molar-refractivity contribution is -0.145. The highest BCUT2D eigenvalue weighted by molar-refractivity contribution is 9.10. The summed E-state index contributed by atoms with van der Waals surface area (Å²) >= 11 is 3.46. The molecule has 1 saturated heterocycles. The second-order valence-corrected chi connectivity index (χ2v) is 10.4. The van der Waals surface area contributed by atoms with E-state index < -0.39 is 24.1 Å². The van der Waals surface area contributed by atoms with Crippen LogP contribution in [0.4, 0.5) is 0 Å². The molecule has 2 aromatic rings. The lowest BCUT2D eigenvalue weighted by Gasteiger charge is -2.35. The van der Waals surface area contributed by atoms with Crippen molar-refractivity contribution in [3.8, 4) is 0 Å². The zero-order valence-electron chi connectivity index (χ0n) is 20.0. The molecule has 1 saturated carbocycles. The van der Waals surface area contributed by atoms with E-state index in [9.17, 15) is 19.5 Å². The summed E-state index contributed by atoms with van der Waals surface area (Å²) in [5, 5.41) is 18.1. The van der Waals surface area contributed by atoms with E-state index in [1.54, 1.807) is 6.92 Å². The average molecular weight is 546 g/mol. The number of halogens is 1. The maximum Gasteiger partial charge on any atom is 0.258 e. The third-order valence-corrected chi connectivity index (χ3v) is 7.33. The standard InChI is InChI=1S/C25H32BrN5O4/c1-14(19-11-9-16-8-10-18(26)13-21(16)29-19)27-23(33)20-7-4-12-31(30-20)25(35)15(2)28-24(34)22(32)17-5-3-6-17/h8-11,13-15,17,20,22,30,32H,3-7,12H2,1-2H3,(H,27,33)(H,28,34)/t14-,15+,20+,22+/m1/s1. The molecule has 1 aliphatic carbocycles. The molecule has 2 aliphatic rings. The van der Waals surface area contributed by atoms with Crippen LogP contribution in [0.25, 0.3) is 10.9 Å². The van der Waals surface area contributed by atoms with E-state index in [1.807, 2.05) is 37.3 Å². The summed E-state index contributed by atoms with van der Waals surface area (Å²) in [6, 6.07) is 8.04. The molecule has 4 N–H and O–H groups in total. The van der Waals surface area contributed by atoms with Gasteiger partial charge < -0.3 is 15.7 Å². The number of aliphatic hydroxyl groups excluding tert-OH is 1. The van der Waals surface area contributed by atoms with E-state index in [0.717, 1.165) is 40.3 Å². The van der Waals surface area contributed by atoms with E-state index in [4.69, 9.17) is 0 Å². The number of aliphatic hydroxyl groups is 1. The van der Waals surface area contributed by atoms with E-state index >= 15 is 0 Å². The Kier molecular flexibility index (Phi) is 8.03. The second-order valence-electron chi connectivity index (χ2n) is 9.48. The first-order valence-electron chi connectivity index (χ1n) is 12.2. The summed E-state index contributed by atoms with van der Waals surface area (Å²) in [5.74, 6) is -1.11. The number of pyridine rings is 1. The van der Waals surface area contributed by atoms with Crippen molar-refractivity contribution in [3.63, 3.8) is 0 Å². The quantitative estimate of drug-likeness (QED) is 0.423. The van der Waals surface area contributed by atoms with Crippen molar-refractivity contribution in [1.82, 2.24) is 26.1 Å². The first-order valence-corrected chi connectivity index (χ1v) is 12.9. The van der Waals surface area contributed by atoms with Crippen molar-refractivity contribution in [2.75, 3.05) is 6.54 Å². The van der Waals surface area contributed by atoms with Crippen molar-refractivity contribution < 1.29 is 19.5 Å². The molecule has 1 aromatic carbocycles. The number of benzene rings is 1. The van der Waals surface area contributed by atoms with Gasteiger partial charge in [-0.05, 0) is 63.6 Å². The topological polar surface area (TPSA) is 124 Å². The Bertz CT molecular complexity index is 1110. The number of nitrogens with zero attached hydrogens (tertiary/aromatic N) is 2. The van der Waals surface area contributed by atoms with Crippen molar-refractivity contribution in [1.29, 1.82) is 0 Å². The van der Waals surface area contributed by atoms with E-state index in [2.05, 4.69) is 37.0 Å². The van der Waals surface area contributed by atoms with Crippen LogP contribution in [-0.4, -0.2) is 57.6 Å². The lowest BCUT2D eigenvalue weighted by Crippen LogP contribution is -2.61. The van der Waals surface area contributed by atoms with Crippen molar-refractivity contribution >= 4 is 44.6 Å². The highest BCUT2D eigenvalue weighted by atomic mass is 79.9. The van der Waals surface area contributed by atoms with Crippen molar-refractivity contribution in [3.05, 3.63) is 40.5 Å². The largest absolute Gasteiger partial charge is 0.383 e. The zero-order valence-corrected chi connectivity index (χ0v) is 21.5. The summed E-state index contributed by atoms with van der Waals surface area (Å²) in [4.78, 5) is 42.8. The van der Waals surface area contributed by atoms with Gasteiger partial charge in [0.25, 0.3) is 5.91 Å². The molecule has 1 aliphatic heterocycles. The number of fused-ring (bicyclic) bond motifs is 1. The van der Waals surface area contributed by atoms with E-state index in [1.165, 1.54) is 5.01 Å². The molecule has 1 aromatic heterocycles. The molecule has 9 nitrogen and oxygen atoms in total. The molecule has 188 valence electrons. The molecule has 3 amide bonds. The Balaban J connectivity index is 1.32. The van der Waals surface area contributed by atoms with Gasteiger partial charge in [-0.1, -0.05) is 34.5 Å². The molecular weight excluding hydrogens is 514 g/mol. The lowest BCUT2D eigenvalue weighted by atomic mass is 9.81. The molecule has 0 spiro atoms. The van der Waals surface area contributed by atoms with Gasteiger partial charge in [0.2, 0.25) is 11.8 Å². The molecule has 0 radical (unpaired) electrons. The minimum Gasteiger partial charge on any atom is -0.383 e. The second kappa shape index (κ2) is 11.0.